The predicted molar refractivity (Wildman–Crippen MR) is 103 cm³/mol. The van der Waals surface area contributed by atoms with E-state index in [1.165, 1.54) is 0 Å². The van der Waals surface area contributed by atoms with E-state index in [-0.39, 0.29) is 15.7 Å². The Bertz CT molecular complexity index is 1030. The molecule has 1 saturated carbocycles. The van der Waals surface area contributed by atoms with Crippen LogP contribution in [0.5, 0.6) is 0 Å². The highest BCUT2D eigenvalue weighted by Crippen LogP contribution is 2.48. The van der Waals surface area contributed by atoms with E-state index in [0.717, 1.165) is 39.7 Å². The molecule has 2 atom stereocenters. The molecule has 3 aromatic rings. The third-order valence-electron chi connectivity index (χ3n) is 4.76. The van der Waals surface area contributed by atoms with Gasteiger partial charge in [0.05, 0.1) is 15.4 Å². The van der Waals surface area contributed by atoms with E-state index in [0.29, 0.717) is 10.6 Å². The molecule has 0 amide bonds. The highest BCUT2D eigenvalue weighted by molar-refractivity contribution is 7.91. The van der Waals surface area contributed by atoms with Gasteiger partial charge in [-0.05, 0) is 41.7 Å². The van der Waals surface area contributed by atoms with Crippen LogP contribution < -0.4 is 4.72 Å². The van der Waals surface area contributed by atoms with E-state index in [4.69, 9.17) is 0 Å². The van der Waals surface area contributed by atoms with Crippen molar-refractivity contribution in [3.63, 3.8) is 0 Å². The van der Waals surface area contributed by atoms with E-state index in [9.17, 15) is 12.8 Å². The summed E-state index contributed by atoms with van der Waals surface area (Å²) < 4.78 is 45.4. The molecule has 1 fully saturated rings. The van der Waals surface area contributed by atoms with Gasteiger partial charge in [-0.15, -0.1) is 11.3 Å². The van der Waals surface area contributed by atoms with E-state index in [1.54, 1.807) is 18.2 Å². The lowest BCUT2D eigenvalue weighted by Gasteiger charge is -2.12. The van der Waals surface area contributed by atoms with Gasteiger partial charge in [0.15, 0.2) is 0 Å². The molecule has 1 aliphatic carbocycles. The maximum absolute atomic E-state index is 12.7. The van der Waals surface area contributed by atoms with Crippen LogP contribution in [0.25, 0.3) is 10.6 Å². The molecule has 1 N–H and O–H groups in total. The summed E-state index contributed by atoms with van der Waals surface area (Å²) in [4.78, 5) is 1.26. The molecule has 4 nitrogen and oxygen atoms in total. The molecular weight excluding hydrogens is 391 g/mol. The number of rotatable bonds is 6. The van der Waals surface area contributed by atoms with E-state index in [1.807, 2.05) is 30.3 Å². The molecule has 4 rings (SSSR count). The van der Waals surface area contributed by atoms with Crippen LogP contribution in [0.15, 0.2) is 52.7 Å². The monoisotopic (exact) mass is 408 g/mol. The average molecular weight is 409 g/mol. The Morgan fingerprint density at radius 2 is 2.04 bits per heavy atom. The number of sulfonamides is 1. The van der Waals surface area contributed by atoms with Crippen molar-refractivity contribution in [1.29, 1.82) is 0 Å². The molecule has 0 radical (unpaired) electrons. The van der Waals surface area contributed by atoms with Gasteiger partial charge in [-0.25, -0.2) is 17.5 Å². The van der Waals surface area contributed by atoms with E-state index >= 15 is 0 Å². The number of nitrogens with zero attached hydrogens (tertiary/aromatic N) is 1. The fourth-order valence-electron chi connectivity index (χ4n) is 3.01. The van der Waals surface area contributed by atoms with Crippen molar-refractivity contribution in [1.82, 2.24) is 9.10 Å². The van der Waals surface area contributed by atoms with Crippen LogP contribution in [0.2, 0.25) is 0 Å². The minimum Gasteiger partial charge on any atom is -0.245 e. The molecule has 136 valence electrons. The first kappa shape index (κ1) is 17.8. The van der Waals surface area contributed by atoms with Gasteiger partial charge < -0.3 is 0 Å². The molecule has 26 heavy (non-hydrogen) atoms. The fourth-order valence-corrected chi connectivity index (χ4v) is 6.28. The summed E-state index contributed by atoms with van der Waals surface area (Å²) >= 11 is 2.25. The number of thiophene rings is 1. The molecule has 0 bridgehead atoms. The molecule has 2 aromatic heterocycles. The lowest BCUT2D eigenvalue weighted by atomic mass is 9.98. The zero-order valence-corrected chi connectivity index (χ0v) is 16.4. The zero-order valence-electron chi connectivity index (χ0n) is 14.0. The van der Waals surface area contributed by atoms with E-state index in [2.05, 4.69) is 16.0 Å². The van der Waals surface area contributed by atoms with Gasteiger partial charge >= 0.3 is 0 Å². The molecule has 8 heteroatoms. The largest absolute Gasteiger partial charge is 0.250 e. The minimum absolute atomic E-state index is 0.113. The Balaban J connectivity index is 1.51. The predicted octanol–water partition coefficient (Wildman–Crippen LogP) is 4.35. The molecule has 1 aliphatic rings. The van der Waals surface area contributed by atoms with Crippen molar-refractivity contribution in [2.75, 3.05) is 0 Å². The summed E-state index contributed by atoms with van der Waals surface area (Å²) in [6, 6.07) is 14.8. The highest BCUT2D eigenvalue weighted by atomic mass is 32.2. The number of benzene rings is 1. The second-order valence-corrected chi connectivity index (χ2v) is 10.5. The molecule has 2 heterocycles. The molecule has 1 aromatic carbocycles. The standard InChI is InChI=1S/C18H17FN2O2S3/c1-18(12-5-3-2-4-6-12)10-16(18)21-26(22,23)17-8-7-15(24-17)14-9-13(11-19)25-20-14/h2-9,16,21H,10-11H2,1H3/t16-,18+/m0/s1. The van der Waals surface area contributed by atoms with Crippen LogP contribution in [-0.4, -0.2) is 18.8 Å². The molecule has 0 aliphatic heterocycles. The Hall–Kier alpha value is -1.61. The molecule has 0 spiro atoms. The summed E-state index contributed by atoms with van der Waals surface area (Å²) in [6.45, 7) is 1.51. The summed E-state index contributed by atoms with van der Waals surface area (Å²) in [5.74, 6) is 0. The number of halogens is 1. The van der Waals surface area contributed by atoms with Crippen LogP contribution in [0.4, 0.5) is 4.39 Å². The maximum atomic E-state index is 12.7. The first-order valence-electron chi connectivity index (χ1n) is 8.12. The van der Waals surface area contributed by atoms with Crippen molar-refractivity contribution in [2.45, 2.75) is 35.7 Å². The SMILES string of the molecule is C[C@]1(c2ccccc2)C[C@@H]1NS(=O)(=O)c1ccc(-c2cc(CF)sn2)s1. The molecule has 0 saturated heterocycles. The van der Waals surface area contributed by atoms with Crippen LogP contribution >= 0.6 is 22.9 Å². The van der Waals surface area contributed by atoms with Crippen LogP contribution in [0, 0.1) is 0 Å². The number of hydrogen-bond donors (Lipinski definition) is 1. The third kappa shape index (κ3) is 3.22. The minimum atomic E-state index is -3.59. The summed E-state index contributed by atoms with van der Waals surface area (Å²) in [7, 11) is -3.59. The first-order valence-corrected chi connectivity index (χ1v) is 11.2. The van der Waals surface area contributed by atoms with Gasteiger partial charge in [0.1, 0.15) is 10.9 Å². The van der Waals surface area contributed by atoms with E-state index < -0.39 is 16.7 Å². The number of aromatic nitrogens is 1. The maximum Gasteiger partial charge on any atom is 0.250 e. The van der Waals surface area contributed by atoms with Crippen molar-refractivity contribution in [3.05, 3.63) is 59.0 Å². The quantitative estimate of drug-likeness (QED) is 0.660. The Morgan fingerprint density at radius 3 is 2.73 bits per heavy atom. The lowest BCUT2D eigenvalue weighted by molar-refractivity contribution is 0.491. The van der Waals surface area contributed by atoms with Crippen molar-refractivity contribution in [3.8, 4) is 10.6 Å². The van der Waals surface area contributed by atoms with Crippen LogP contribution in [-0.2, 0) is 22.1 Å². The Kier molecular flexibility index (Phi) is 4.46. The zero-order chi connectivity index (χ0) is 18.4. The third-order valence-corrected chi connectivity index (χ3v) is 8.58. The molecular formula is C18H17FN2O2S3. The lowest BCUT2D eigenvalue weighted by Crippen LogP contribution is -2.29. The average Bonchev–Trinajstić information content (AvgIpc) is 3.08. The summed E-state index contributed by atoms with van der Waals surface area (Å²) in [5.41, 5.74) is 1.59. The van der Waals surface area contributed by atoms with Crippen molar-refractivity contribution >= 4 is 32.9 Å². The van der Waals surface area contributed by atoms with Gasteiger partial charge in [0.25, 0.3) is 0 Å². The fraction of sp³-hybridized carbons (Fsp3) is 0.278. The molecule has 0 unspecified atom stereocenters. The normalized spacial score (nSPS) is 22.5. The Morgan fingerprint density at radius 1 is 1.27 bits per heavy atom. The number of alkyl halides is 1. The topological polar surface area (TPSA) is 59.1 Å². The van der Waals surface area contributed by atoms with Gasteiger partial charge in [-0.2, -0.15) is 4.37 Å². The summed E-state index contributed by atoms with van der Waals surface area (Å²) in [5, 5.41) is 0. The van der Waals surface area contributed by atoms with Gasteiger partial charge in [0.2, 0.25) is 10.0 Å². The van der Waals surface area contributed by atoms with Crippen LogP contribution in [0.3, 0.4) is 0 Å². The van der Waals surface area contributed by atoms with Crippen LogP contribution in [0.1, 0.15) is 23.8 Å². The summed E-state index contributed by atoms with van der Waals surface area (Å²) in [6.07, 6.45) is 0.778. The van der Waals surface area contributed by atoms with Crippen molar-refractivity contribution < 1.29 is 12.8 Å². The second kappa shape index (κ2) is 6.53. The number of hydrogen-bond acceptors (Lipinski definition) is 5. The first-order chi connectivity index (χ1) is 12.4. The van der Waals surface area contributed by atoms with Gasteiger partial charge in [-0.3, -0.25) is 0 Å². The second-order valence-electron chi connectivity index (χ2n) is 6.59. The van der Waals surface area contributed by atoms with Gasteiger partial charge in [-0.1, -0.05) is 37.3 Å². The highest BCUT2D eigenvalue weighted by Gasteiger charge is 2.53. The van der Waals surface area contributed by atoms with Crippen molar-refractivity contribution in [2.24, 2.45) is 0 Å². The Labute approximate surface area is 159 Å². The number of nitrogens with one attached hydrogen (secondary N) is 1. The smallest absolute Gasteiger partial charge is 0.245 e. The van der Waals surface area contributed by atoms with Gasteiger partial charge in [0, 0.05) is 11.5 Å².